The SMILES string of the molecule is COCC1CC(c2ccc(Cl)nc2)=CCO1. The van der Waals surface area contributed by atoms with E-state index in [1.54, 1.807) is 19.4 Å². The highest BCUT2D eigenvalue weighted by Crippen LogP contribution is 2.24. The maximum absolute atomic E-state index is 5.75. The van der Waals surface area contributed by atoms with Crippen LogP contribution in [0.15, 0.2) is 24.4 Å². The summed E-state index contributed by atoms with van der Waals surface area (Å²) in [5.74, 6) is 0. The number of nitrogens with zero attached hydrogens (tertiary/aromatic N) is 1. The van der Waals surface area contributed by atoms with Crippen LogP contribution in [-0.2, 0) is 9.47 Å². The third-order valence-corrected chi connectivity index (χ3v) is 2.78. The van der Waals surface area contributed by atoms with E-state index in [4.69, 9.17) is 21.1 Å². The number of rotatable bonds is 3. The average Bonchev–Trinajstić information content (AvgIpc) is 2.31. The standard InChI is InChI=1S/C12H14ClNO2/c1-15-8-11-6-9(4-5-16-11)10-2-3-12(13)14-7-10/h2-4,7,11H,5-6,8H2,1H3. The van der Waals surface area contributed by atoms with Crippen molar-refractivity contribution in [3.63, 3.8) is 0 Å². The molecule has 0 amide bonds. The summed E-state index contributed by atoms with van der Waals surface area (Å²) in [6, 6.07) is 3.79. The zero-order valence-corrected chi connectivity index (χ0v) is 9.91. The molecule has 16 heavy (non-hydrogen) atoms. The molecule has 1 aliphatic heterocycles. The first kappa shape index (κ1) is 11.6. The molecule has 4 heteroatoms. The van der Waals surface area contributed by atoms with Gasteiger partial charge < -0.3 is 9.47 Å². The molecule has 1 unspecified atom stereocenters. The predicted octanol–water partition coefficient (Wildman–Crippen LogP) is 2.55. The van der Waals surface area contributed by atoms with E-state index >= 15 is 0 Å². The Balaban J connectivity index is 2.09. The fourth-order valence-electron chi connectivity index (χ4n) is 1.77. The molecule has 1 aromatic heterocycles. The molecule has 1 aliphatic rings. The molecule has 1 aromatic rings. The minimum Gasteiger partial charge on any atom is -0.382 e. The Hall–Kier alpha value is -0.900. The molecule has 2 heterocycles. The Morgan fingerprint density at radius 1 is 1.56 bits per heavy atom. The van der Waals surface area contributed by atoms with E-state index in [1.165, 1.54) is 5.57 Å². The van der Waals surface area contributed by atoms with Crippen LogP contribution in [0.2, 0.25) is 5.15 Å². The number of ether oxygens (including phenoxy) is 2. The number of hydrogen-bond acceptors (Lipinski definition) is 3. The Morgan fingerprint density at radius 3 is 3.12 bits per heavy atom. The second-order valence-electron chi connectivity index (χ2n) is 3.71. The third-order valence-electron chi connectivity index (χ3n) is 2.56. The summed E-state index contributed by atoms with van der Waals surface area (Å²) >= 11 is 5.75. The van der Waals surface area contributed by atoms with Gasteiger partial charge in [0.1, 0.15) is 5.15 Å². The molecule has 0 fully saturated rings. The van der Waals surface area contributed by atoms with Crippen molar-refractivity contribution in [3.05, 3.63) is 35.1 Å². The van der Waals surface area contributed by atoms with Crippen molar-refractivity contribution in [1.29, 1.82) is 0 Å². The quantitative estimate of drug-likeness (QED) is 0.760. The van der Waals surface area contributed by atoms with E-state index in [9.17, 15) is 0 Å². The van der Waals surface area contributed by atoms with Gasteiger partial charge in [-0.15, -0.1) is 0 Å². The van der Waals surface area contributed by atoms with E-state index in [1.807, 2.05) is 6.07 Å². The van der Waals surface area contributed by atoms with Crippen molar-refractivity contribution in [2.75, 3.05) is 20.3 Å². The molecular weight excluding hydrogens is 226 g/mol. The Kier molecular flexibility index (Phi) is 3.93. The molecular formula is C12H14ClNO2. The largest absolute Gasteiger partial charge is 0.382 e. The van der Waals surface area contributed by atoms with E-state index in [0.717, 1.165) is 12.0 Å². The van der Waals surface area contributed by atoms with Crippen LogP contribution in [0.3, 0.4) is 0 Å². The van der Waals surface area contributed by atoms with Crippen LogP contribution in [0.4, 0.5) is 0 Å². The van der Waals surface area contributed by atoms with Crippen LogP contribution in [0.1, 0.15) is 12.0 Å². The zero-order valence-electron chi connectivity index (χ0n) is 9.15. The van der Waals surface area contributed by atoms with Crippen molar-refractivity contribution in [1.82, 2.24) is 4.98 Å². The Morgan fingerprint density at radius 2 is 2.44 bits per heavy atom. The second-order valence-corrected chi connectivity index (χ2v) is 4.10. The number of hydrogen-bond donors (Lipinski definition) is 0. The van der Waals surface area contributed by atoms with Gasteiger partial charge in [0.05, 0.1) is 19.3 Å². The van der Waals surface area contributed by atoms with Gasteiger partial charge in [-0.2, -0.15) is 0 Å². The monoisotopic (exact) mass is 239 g/mol. The first-order valence-electron chi connectivity index (χ1n) is 5.21. The highest BCUT2D eigenvalue weighted by molar-refractivity contribution is 6.29. The number of methoxy groups -OCH3 is 1. The molecule has 0 bridgehead atoms. The number of halogens is 1. The van der Waals surface area contributed by atoms with Gasteiger partial charge in [-0.25, -0.2) is 4.98 Å². The van der Waals surface area contributed by atoms with E-state index in [-0.39, 0.29) is 6.10 Å². The van der Waals surface area contributed by atoms with Crippen LogP contribution >= 0.6 is 11.6 Å². The van der Waals surface area contributed by atoms with E-state index in [2.05, 4.69) is 11.1 Å². The second kappa shape index (κ2) is 5.43. The normalized spacial score (nSPS) is 20.6. The van der Waals surface area contributed by atoms with Crippen molar-refractivity contribution in [2.45, 2.75) is 12.5 Å². The summed E-state index contributed by atoms with van der Waals surface area (Å²) in [7, 11) is 1.69. The lowest BCUT2D eigenvalue weighted by Crippen LogP contribution is -2.23. The van der Waals surface area contributed by atoms with Crippen molar-refractivity contribution < 1.29 is 9.47 Å². The average molecular weight is 240 g/mol. The molecule has 0 N–H and O–H groups in total. The van der Waals surface area contributed by atoms with Gasteiger partial charge in [0.15, 0.2) is 0 Å². The molecule has 0 saturated heterocycles. The van der Waals surface area contributed by atoms with Crippen molar-refractivity contribution in [3.8, 4) is 0 Å². The summed E-state index contributed by atoms with van der Waals surface area (Å²) in [4.78, 5) is 4.08. The molecule has 3 nitrogen and oxygen atoms in total. The lowest BCUT2D eigenvalue weighted by Gasteiger charge is -2.22. The smallest absolute Gasteiger partial charge is 0.129 e. The molecule has 0 aromatic carbocycles. The van der Waals surface area contributed by atoms with Gasteiger partial charge in [-0.1, -0.05) is 23.7 Å². The van der Waals surface area contributed by atoms with E-state index in [0.29, 0.717) is 18.4 Å². The summed E-state index contributed by atoms with van der Waals surface area (Å²) in [6.45, 7) is 1.25. The molecule has 2 rings (SSSR count). The van der Waals surface area contributed by atoms with Crippen LogP contribution in [0.5, 0.6) is 0 Å². The van der Waals surface area contributed by atoms with Crippen LogP contribution in [0, 0.1) is 0 Å². The van der Waals surface area contributed by atoms with Crippen molar-refractivity contribution in [2.24, 2.45) is 0 Å². The fraction of sp³-hybridized carbons (Fsp3) is 0.417. The third kappa shape index (κ3) is 2.82. The summed E-state index contributed by atoms with van der Waals surface area (Å²) in [5, 5.41) is 0.518. The van der Waals surface area contributed by atoms with Gasteiger partial charge in [0, 0.05) is 19.7 Å². The van der Waals surface area contributed by atoms with Crippen LogP contribution < -0.4 is 0 Å². The van der Waals surface area contributed by atoms with Gasteiger partial charge in [-0.3, -0.25) is 0 Å². The fourth-order valence-corrected chi connectivity index (χ4v) is 1.88. The summed E-state index contributed by atoms with van der Waals surface area (Å²) in [5.41, 5.74) is 2.35. The highest BCUT2D eigenvalue weighted by atomic mass is 35.5. The minimum atomic E-state index is 0.140. The Bertz CT molecular complexity index is 375. The predicted molar refractivity (Wildman–Crippen MR) is 63.5 cm³/mol. The van der Waals surface area contributed by atoms with E-state index < -0.39 is 0 Å². The van der Waals surface area contributed by atoms with Gasteiger partial charge in [-0.05, 0) is 17.2 Å². The molecule has 0 saturated carbocycles. The van der Waals surface area contributed by atoms with Gasteiger partial charge >= 0.3 is 0 Å². The molecule has 86 valence electrons. The minimum absolute atomic E-state index is 0.140. The first-order valence-corrected chi connectivity index (χ1v) is 5.59. The molecule has 1 atom stereocenters. The summed E-state index contributed by atoms with van der Waals surface area (Å²) < 4.78 is 10.6. The van der Waals surface area contributed by atoms with Gasteiger partial charge in [0.25, 0.3) is 0 Å². The maximum atomic E-state index is 5.75. The van der Waals surface area contributed by atoms with Crippen molar-refractivity contribution >= 4 is 17.2 Å². The topological polar surface area (TPSA) is 31.4 Å². The lowest BCUT2D eigenvalue weighted by atomic mass is 9.99. The maximum Gasteiger partial charge on any atom is 0.129 e. The number of pyridine rings is 1. The van der Waals surface area contributed by atoms with Crippen LogP contribution in [0.25, 0.3) is 5.57 Å². The molecule has 0 radical (unpaired) electrons. The zero-order chi connectivity index (χ0) is 11.4. The molecule has 0 spiro atoms. The van der Waals surface area contributed by atoms with Gasteiger partial charge in [0.2, 0.25) is 0 Å². The highest BCUT2D eigenvalue weighted by Gasteiger charge is 2.16. The summed E-state index contributed by atoms with van der Waals surface area (Å²) in [6.07, 6.45) is 4.87. The molecule has 0 aliphatic carbocycles. The lowest BCUT2D eigenvalue weighted by molar-refractivity contribution is 0.00967. The number of aromatic nitrogens is 1. The Labute approximate surface area is 100 Å². The first-order chi connectivity index (χ1) is 7.79. The van der Waals surface area contributed by atoms with Crippen LogP contribution in [-0.4, -0.2) is 31.4 Å².